The zero-order valence-corrected chi connectivity index (χ0v) is 13.1. The fraction of sp³-hybridized carbons (Fsp3) is 0.429. The molecule has 0 bridgehead atoms. The topological polar surface area (TPSA) is 86.8 Å². The number of nitrogens with zero attached hydrogens (tertiary/aromatic N) is 2. The molecule has 8 heteroatoms. The molecule has 118 valence electrons. The average Bonchev–Trinajstić information content (AvgIpc) is 3.03. The molecule has 0 radical (unpaired) electrons. The molecule has 1 unspecified atom stereocenters. The van der Waals surface area contributed by atoms with Crippen LogP contribution in [0.2, 0.25) is 0 Å². The van der Waals surface area contributed by atoms with Crippen molar-refractivity contribution in [2.75, 3.05) is 13.1 Å². The Morgan fingerprint density at radius 1 is 1.50 bits per heavy atom. The largest absolute Gasteiger partial charge is 0.330 e. The van der Waals surface area contributed by atoms with Crippen LogP contribution in [0.4, 0.5) is 4.79 Å². The third kappa shape index (κ3) is 3.01. The second-order valence-corrected chi connectivity index (χ2v) is 5.91. The number of rotatable bonds is 4. The van der Waals surface area contributed by atoms with E-state index in [1.807, 2.05) is 0 Å². The minimum absolute atomic E-state index is 0.111. The third-order valence-corrected chi connectivity index (χ3v) is 4.47. The summed E-state index contributed by atoms with van der Waals surface area (Å²) in [5.41, 5.74) is 0. The number of carbonyl (C=O) groups excluding carboxylic acids is 4. The number of aldehydes is 1. The molecule has 7 nitrogen and oxygen atoms in total. The average molecular weight is 323 g/mol. The fourth-order valence-corrected chi connectivity index (χ4v) is 3.10. The van der Waals surface area contributed by atoms with Crippen molar-refractivity contribution in [3.8, 4) is 0 Å². The molecule has 0 spiro atoms. The van der Waals surface area contributed by atoms with Gasteiger partial charge in [-0.05, 0) is 25.3 Å². The maximum atomic E-state index is 12.2. The van der Waals surface area contributed by atoms with Crippen molar-refractivity contribution < 1.29 is 19.2 Å². The molecule has 1 aromatic heterocycles. The van der Waals surface area contributed by atoms with Crippen LogP contribution >= 0.6 is 11.3 Å². The summed E-state index contributed by atoms with van der Waals surface area (Å²) in [6, 6.07) is 1.67. The van der Waals surface area contributed by atoms with Crippen LogP contribution in [0.15, 0.2) is 17.5 Å². The summed E-state index contributed by atoms with van der Waals surface area (Å²) in [6.45, 7) is 4.06. The normalized spacial score (nSPS) is 20.0. The van der Waals surface area contributed by atoms with E-state index in [2.05, 4.69) is 5.32 Å². The van der Waals surface area contributed by atoms with Crippen LogP contribution in [0.3, 0.4) is 0 Å². The summed E-state index contributed by atoms with van der Waals surface area (Å²) in [6.07, 6.45) is 0.599. The number of urea groups is 1. The lowest BCUT2D eigenvalue weighted by molar-refractivity contribution is -0.156. The number of piperazine rings is 1. The minimum atomic E-state index is -0.867. The van der Waals surface area contributed by atoms with Gasteiger partial charge in [-0.3, -0.25) is 14.5 Å². The Morgan fingerprint density at radius 3 is 2.77 bits per heavy atom. The van der Waals surface area contributed by atoms with E-state index < -0.39 is 23.9 Å². The molecule has 2 rings (SSSR count). The lowest BCUT2D eigenvalue weighted by Crippen LogP contribution is -2.61. The van der Waals surface area contributed by atoms with Crippen molar-refractivity contribution in [1.82, 2.24) is 15.1 Å². The van der Waals surface area contributed by atoms with Gasteiger partial charge in [-0.1, -0.05) is 6.07 Å². The first-order valence-electron chi connectivity index (χ1n) is 6.91. The standard InChI is InChI=1S/C14H17N3O4S/c1-3-16-9(2)7-17(13(20)12(16)19)14(21)15-10(8-18)11-5-4-6-22-11/h4-6,8-10H,3,7H2,1-2H3,(H,15,21)/t9-,10?/m0/s1. The van der Waals surface area contributed by atoms with Crippen LogP contribution in [0.25, 0.3) is 0 Å². The van der Waals surface area contributed by atoms with Gasteiger partial charge in [0, 0.05) is 17.5 Å². The highest BCUT2D eigenvalue weighted by atomic mass is 32.1. The molecule has 1 fully saturated rings. The molecule has 1 aliphatic heterocycles. The molecule has 0 saturated carbocycles. The van der Waals surface area contributed by atoms with E-state index in [4.69, 9.17) is 0 Å². The number of hydrogen-bond acceptors (Lipinski definition) is 5. The van der Waals surface area contributed by atoms with Gasteiger partial charge in [0.05, 0.1) is 6.54 Å². The predicted octanol–water partition coefficient (Wildman–Crippen LogP) is 0.777. The van der Waals surface area contributed by atoms with Crippen LogP contribution in [0, 0.1) is 0 Å². The fourth-order valence-electron chi connectivity index (χ4n) is 2.37. The molecule has 22 heavy (non-hydrogen) atoms. The van der Waals surface area contributed by atoms with Gasteiger partial charge in [-0.25, -0.2) is 4.79 Å². The molecule has 1 N–H and O–H groups in total. The Labute approximate surface area is 131 Å². The van der Waals surface area contributed by atoms with Gasteiger partial charge in [0.25, 0.3) is 0 Å². The van der Waals surface area contributed by atoms with Gasteiger partial charge >= 0.3 is 17.8 Å². The Balaban J connectivity index is 2.11. The van der Waals surface area contributed by atoms with E-state index >= 15 is 0 Å². The Bertz CT molecular complexity index is 587. The number of likely N-dealkylation sites (N-methyl/N-ethyl adjacent to an activating group) is 1. The van der Waals surface area contributed by atoms with E-state index in [9.17, 15) is 19.2 Å². The second-order valence-electron chi connectivity index (χ2n) is 4.93. The Hall–Kier alpha value is -2.22. The summed E-state index contributed by atoms with van der Waals surface area (Å²) in [4.78, 5) is 50.3. The first-order valence-corrected chi connectivity index (χ1v) is 7.79. The van der Waals surface area contributed by atoms with E-state index in [1.54, 1.807) is 31.4 Å². The summed E-state index contributed by atoms with van der Waals surface area (Å²) in [5.74, 6) is -1.57. The lowest BCUT2D eigenvalue weighted by atomic mass is 10.2. The highest BCUT2D eigenvalue weighted by Crippen LogP contribution is 2.18. The number of imide groups is 1. The molecule has 4 amide bonds. The van der Waals surface area contributed by atoms with Crippen LogP contribution in [0.5, 0.6) is 0 Å². The Kier molecular flexibility index (Phi) is 4.92. The monoisotopic (exact) mass is 323 g/mol. The van der Waals surface area contributed by atoms with Crippen molar-refractivity contribution in [3.05, 3.63) is 22.4 Å². The zero-order chi connectivity index (χ0) is 16.3. The Morgan fingerprint density at radius 2 is 2.23 bits per heavy atom. The van der Waals surface area contributed by atoms with Crippen molar-refractivity contribution in [1.29, 1.82) is 0 Å². The van der Waals surface area contributed by atoms with Gasteiger partial charge in [0.15, 0.2) is 0 Å². The van der Waals surface area contributed by atoms with Crippen molar-refractivity contribution in [2.45, 2.75) is 25.9 Å². The smallest absolute Gasteiger partial charge is 0.325 e. The van der Waals surface area contributed by atoms with Gasteiger partial charge in [0.1, 0.15) is 12.3 Å². The van der Waals surface area contributed by atoms with Gasteiger partial charge in [-0.15, -0.1) is 11.3 Å². The van der Waals surface area contributed by atoms with Gasteiger partial charge < -0.3 is 15.0 Å². The molecule has 1 aromatic rings. The number of nitrogens with one attached hydrogen (secondary N) is 1. The number of hydrogen-bond donors (Lipinski definition) is 1. The summed E-state index contributed by atoms with van der Waals surface area (Å²) in [5, 5.41) is 4.27. The maximum absolute atomic E-state index is 12.2. The first kappa shape index (κ1) is 16.2. The van der Waals surface area contributed by atoms with Crippen LogP contribution in [0.1, 0.15) is 24.8 Å². The molecule has 0 aliphatic carbocycles. The zero-order valence-electron chi connectivity index (χ0n) is 12.3. The maximum Gasteiger partial charge on any atom is 0.325 e. The number of thiophene rings is 1. The van der Waals surface area contributed by atoms with Crippen molar-refractivity contribution in [3.63, 3.8) is 0 Å². The van der Waals surface area contributed by atoms with Crippen LogP contribution in [-0.4, -0.2) is 53.1 Å². The van der Waals surface area contributed by atoms with E-state index in [0.717, 1.165) is 4.90 Å². The summed E-state index contributed by atoms with van der Waals surface area (Å²) < 4.78 is 0. The minimum Gasteiger partial charge on any atom is -0.330 e. The lowest BCUT2D eigenvalue weighted by Gasteiger charge is -2.37. The predicted molar refractivity (Wildman–Crippen MR) is 80.2 cm³/mol. The molecule has 1 saturated heterocycles. The van der Waals surface area contributed by atoms with Crippen LogP contribution < -0.4 is 5.32 Å². The molecular formula is C14H17N3O4S. The SMILES string of the molecule is CCN1C(=O)C(=O)N(C(=O)NC(C=O)c2cccs2)C[C@@H]1C. The third-order valence-electron chi connectivity index (χ3n) is 3.52. The molecular weight excluding hydrogens is 306 g/mol. The highest BCUT2D eigenvalue weighted by molar-refractivity contribution is 7.10. The molecule has 2 heterocycles. The summed E-state index contributed by atoms with van der Waals surface area (Å²) >= 11 is 1.33. The summed E-state index contributed by atoms with van der Waals surface area (Å²) in [7, 11) is 0. The van der Waals surface area contributed by atoms with Crippen LogP contribution in [-0.2, 0) is 14.4 Å². The molecule has 2 atom stereocenters. The van der Waals surface area contributed by atoms with E-state index in [0.29, 0.717) is 17.7 Å². The quantitative estimate of drug-likeness (QED) is 0.655. The number of amides is 4. The second kappa shape index (κ2) is 6.69. The van der Waals surface area contributed by atoms with Gasteiger partial charge in [0.2, 0.25) is 0 Å². The van der Waals surface area contributed by atoms with Gasteiger partial charge in [-0.2, -0.15) is 0 Å². The van der Waals surface area contributed by atoms with E-state index in [-0.39, 0.29) is 12.6 Å². The highest BCUT2D eigenvalue weighted by Gasteiger charge is 2.39. The van der Waals surface area contributed by atoms with E-state index in [1.165, 1.54) is 16.2 Å². The first-order chi connectivity index (χ1) is 10.5. The molecule has 0 aromatic carbocycles. The number of carbonyl (C=O) groups is 4. The van der Waals surface area contributed by atoms with Crippen molar-refractivity contribution >= 4 is 35.5 Å². The van der Waals surface area contributed by atoms with Crippen molar-refractivity contribution in [2.24, 2.45) is 0 Å². The molecule has 1 aliphatic rings.